The second-order valence-electron chi connectivity index (χ2n) is 9.96. The molecule has 236 valence electrons. The number of ether oxygens (including phenoxy) is 3. The van der Waals surface area contributed by atoms with Crippen LogP contribution in [-0.2, 0) is 29.1 Å². The number of hydrogen-bond donors (Lipinski definition) is 4. The number of aryl methyl sites for hydroxylation is 1. The number of rotatable bonds is 17. The Morgan fingerprint density at radius 2 is 1.66 bits per heavy atom. The van der Waals surface area contributed by atoms with Crippen LogP contribution >= 0.6 is 0 Å². The highest BCUT2D eigenvalue weighted by molar-refractivity contribution is 7.89. The molecule has 0 aromatic heterocycles. The quantitative estimate of drug-likeness (QED) is 0.0684. The van der Waals surface area contributed by atoms with Crippen molar-refractivity contribution < 1.29 is 32.2 Å². The molecule has 0 spiro atoms. The van der Waals surface area contributed by atoms with Crippen LogP contribution in [0.5, 0.6) is 5.75 Å². The van der Waals surface area contributed by atoms with Crippen molar-refractivity contribution in [3.8, 4) is 5.75 Å². The zero-order valence-electron chi connectivity index (χ0n) is 26.1. The number of amides is 1. The van der Waals surface area contributed by atoms with Crippen LogP contribution in [-0.4, -0.2) is 71.8 Å². The largest absolute Gasteiger partial charge is 0.496 e. The van der Waals surface area contributed by atoms with E-state index in [1.807, 2.05) is 34.6 Å². The molecule has 0 fully saturated rings. The zero-order valence-corrected chi connectivity index (χ0v) is 26.9. The lowest BCUT2D eigenvalue weighted by Gasteiger charge is -2.23. The van der Waals surface area contributed by atoms with Crippen molar-refractivity contribution in [2.75, 3.05) is 26.9 Å². The maximum atomic E-state index is 13.3. The zero-order chi connectivity index (χ0) is 31.8. The van der Waals surface area contributed by atoms with Crippen molar-refractivity contribution in [1.82, 2.24) is 10.0 Å². The number of hydrogen-bond acceptors (Lipinski definition) is 8. The maximum absolute atomic E-state index is 13.3. The van der Waals surface area contributed by atoms with Gasteiger partial charge in [0.05, 0.1) is 18.0 Å². The highest BCUT2D eigenvalue weighted by atomic mass is 32.2. The molecule has 0 radical (unpaired) electrons. The van der Waals surface area contributed by atoms with Gasteiger partial charge in [0.15, 0.2) is 12.2 Å². The first kappa shape index (κ1) is 38.3. The standard InChI is InChI=1S/C22H37N5O5S.C6H14O2/c1-13(2)10-17(12-28)26-21(29)18(8-7-9-25-22(23)24)27-33(30,31)20-14(3)11-19(32-6)15(4)16(20)5;1-4-7-6(3)8-5-2/h11-13,17-18,27H,7-10H2,1-6H3,(H,26,29)(H4,23,24,25);6H,4-5H2,1-3H3/t17-,18-;/m0./s1. The van der Waals surface area contributed by atoms with E-state index in [1.54, 1.807) is 26.8 Å². The summed E-state index contributed by atoms with van der Waals surface area (Å²) >= 11 is 0. The molecule has 13 heteroatoms. The van der Waals surface area contributed by atoms with E-state index in [-0.39, 0.29) is 36.0 Å². The Labute approximate surface area is 246 Å². The summed E-state index contributed by atoms with van der Waals surface area (Å²) in [6, 6.07) is -0.176. The molecule has 1 aromatic carbocycles. The number of nitrogens with one attached hydrogen (secondary N) is 2. The molecule has 0 saturated heterocycles. The van der Waals surface area contributed by atoms with Crippen molar-refractivity contribution >= 4 is 28.2 Å². The highest BCUT2D eigenvalue weighted by Gasteiger charge is 2.30. The topological polar surface area (TPSA) is 184 Å². The van der Waals surface area contributed by atoms with E-state index in [9.17, 15) is 18.0 Å². The first-order valence-corrected chi connectivity index (χ1v) is 15.3. The summed E-state index contributed by atoms with van der Waals surface area (Å²) in [6.45, 7) is 16.5. The number of nitrogens with zero attached hydrogens (tertiary/aromatic N) is 1. The van der Waals surface area contributed by atoms with Crippen LogP contribution in [0.15, 0.2) is 16.0 Å². The number of methoxy groups -OCH3 is 1. The number of aldehydes is 1. The van der Waals surface area contributed by atoms with E-state index in [0.29, 0.717) is 41.6 Å². The van der Waals surface area contributed by atoms with Crippen LogP contribution in [0.3, 0.4) is 0 Å². The molecule has 0 aliphatic carbocycles. The van der Waals surface area contributed by atoms with Crippen LogP contribution < -0.4 is 26.2 Å². The normalized spacial score (nSPS) is 12.8. The van der Waals surface area contributed by atoms with E-state index >= 15 is 0 Å². The van der Waals surface area contributed by atoms with Crippen molar-refractivity contribution in [1.29, 1.82) is 0 Å². The van der Waals surface area contributed by atoms with E-state index in [2.05, 4.69) is 15.0 Å². The summed E-state index contributed by atoms with van der Waals surface area (Å²) in [5.74, 6) is 0.0825. The minimum absolute atomic E-state index is 0.0370. The third-order valence-corrected chi connectivity index (χ3v) is 7.81. The summed E-state index contributed by atoms with van der Waals surface area (Å²) in [7, 11) is -2.55. The van der Waals surface area contributed by atoms with Crippen molar-refractivity contribution in [2.45, 2.75) is 97.9 Å². The van der Waals surface area contributed by atoms with Crippen LogP contribution in [0, 0.1) is 26.7 Å². The number of carbonyl (C=O) groups excluding carboxylic acids is 2. The Kier molecular flexibility index (Phi) is 18.1. The van der Waals surface area contributed by atoms with Gasteiger partial charge in [0, 0.05) is 19.8 Å². The van der Waals surface area contributed by atoms with Gasteiger partial charge >= 0.3 is 0 Å². The van der Waals surface area contributed by atoms with Gasteiger partial charge < -0.3 is 35.8 Å². The number of sulfonamides is 1. The van der Waals surface area contributed by atoms with E-state index < -0.39 is 28.0 Å². The molecule has 41 heavy (non-hydrogen) atoms. The first-order valence-electron chi connectivity index (χ1n) is 13.9. The minimum atomic E-state index is -4.07. The van der Waals surface area contributed by atoms with Gasteiger partial charge in [0.25, 0.3) is 0 Å². The van der Waals surface area contributed by atoms with Gasteiger partial charge in [0.2, 0.25) is 15.9 Å². The molecule has 0 heterocycles. The first-order chi connectivity index (χ1) is 19.1. The molecule has 0 unspecified atom stereocenters. The number of nitrogens with two attached hydrogens (primary N) is 2. The van der Waals surface area contributed by atoms with Gasteiger partial charge in [-0.2, -0.15) is 4.72 Å². The lowest BCUT2D eigenvalue weighted by atomic mass is 10.0. The minimum Gasteiger partial charge on any atom is -0.496 e. The molecule has 0 bridgehead atoms. The van der Waals surface area contributed by atoms with Crippen molar-refractivity contribution in [3.05, 3.63) is 22.8 Å². The summed E-state index contributed by atoms with van der Waals surface area (Å²) in [4.78, 5) is 28.4. The molecular formula is C28H51N5O7S. The maximum Gasteiger partial charge on any atom is 0.241 e. The van der Waals surface area contributed by atoms with Gasteiger partial charge in [-0.05, 0) is 89.5 Å². The van der Waals surface area contributed by atoms with Crippen molar-refractivity contribution in [3.63, 3.8) is 0 Å². The smallest absolute Gasteiger partial charge is 0.241 e. The van der Waals surface area contributed by atoms with Crippen molar-refractivity contribution in [2.24, 2.45) is 22.4 Å². The predicted molar refractivity (Wildman–Crippen MR) is 161 cm³/mol. The van der Waals surface area contributed by atoms with E-state index in [0.717, 1.165) is 13.2 Å². The van der Waals surface area contributed by atoms with Gasteiger partial charge in [-0.3, -0.25) is 9.79 Å². The summed E-state index contributed by atoms with van der Waals surface area (Å²) in [5.41, 5.74) is 12.4. The number of carbonyl (C=O) groups is 2. The van der Waals surface area contributed by atoms with Gasteiger partial charge in [-0.1, -0.05) is 13.8 Å². The molecule has 2 atom stereocenters. The van der Waals surface area contributed by atoms with Crippen LogP contribution in [0.1, 0.15) is 70.6 Å². The Morgan fingerprint density at radius 3 is 2.12 bits per heavy atom. The molecule has 12 nitrogen and oxygen atoms in total. The monoisotopic (exact) mass is 601 g/mol. The summed E-state index contributed by atoms with van der Waals surface area (Å²) < 4.78 is 44.7. The summed E-state index contributed by atoms with van der Waals surface area (Å²) in [5, 5.41) is 2.64. The number of aliphatic imine (C=N–C) groups is 1. The van der Waals surface area contributed by atoms with E-state index in [4.69, 9.17) is 25.7 Å². The summed E-state index contributed by atoms with van der Waals surface area (Å²) in [6.07, 6.45) is 1.56. The fourth-order valence-electron chi connectivity index (χ4n) is 4.10. The molecular weight excluding hydrogens is 550 g/mol. The second-order valence-corrected chi connectivity index (χ2v) is 11.6. The third kappa shape index (κ3) is 14.1. The van der Waals surface area contributed by atoms with Crippen LogP contribution in [0.2, 0.25) is 0 Å². The Balaban J connectivity index is 0.00000173. The average molecular weight is 602 g/mol. The Bertz CT molecular complexity index is 1080. The fraction of sp³-hybridized carbons (Fsp3) is 0.679. The molecule has 0 aliphatic rings. The third-order valence-electron chi connectivity index (χ3n) is 6.05. The SMILES string of the molecule is CCOC(C)OCC.COc1cc(C)c(S(=O)(=O)N[C@@H](CCCN=C(N)N)C(=O)N[C@H](C=O)CC(C)C)c(C)c1C. The van der Waals surface area contributed by atoms with Gasteiger partial charge in [-0.25, -0.2) is 8.42 Å². The number of guanidine groups is 1. The van der Waals surface area contributed by atoms with E-state index in [1.165, 1.54) is 7.11 Å². The molecule has 0 saturated carbocycles. The highest BCUT2D eigenvalue weighted by Crippen LogP contribution is 2.30. The molecule has 1 amide bonds. The molecule has 1 rings (SSSR count). The average Bonchev–Trinajstić information content (AvgIpc) is 2.87. The lowest BCUT2D eigenvalue weighted by molar-refractivity contribution is -0.125. The predicted octanol–water partition coefficient (Wildman–Crippen LogP) is 2.46. The lowest BCUT2D eigenvalue weighted by Crippen LogP contribution is -2.50. The molecule has 6 N–H and O–H groups in total. The Morgan fingerprint density at radius 1 is 1.07 bits per heavy atom. The van der Waals surface area contributed by atoms with Crippen LogP contribution in [0.25, 0.3) is 0 Å². The number of benzene rings is 1. The van der Waals surface area contributed by atoms with Gasteiger partial charge in [0.1, 0.15) is 18.1 Å². The second kappa shape index (κ2) is 19.4. The Hall–Kier alpha value is -2.74. The van der Waals surface area contributed by atoms with Crippen LogP contribution in [0.4, 0.5) is 0 Å². The molecule has 1 aromatic rings. The molecule has 0 aliphatic heterocycles. The fourth-order valence-corrected chi connectivity index (χ4v) is 5.85. The van der Waals surface area contributed by atoms with Gasteiger partial charge in [-0.15, -0.1) is 0 Å².